The van der Waals surface area contributed by atoms with Crippen molar-refractivity contribution in [1.82, 2.24) is 9.71 Å². The molecule has 0 saturated carbocycles. The first-order valence-electron chi connectivity index (χ1n) is 8.95. The Bertz CT molecular complexity index is 1240. The maximum absolute atomic E-state index is 12.5. The van der Waals surface area contributed by atoms with Gasteiger partial charge in [0.1, 0.15) is 0 Å². The molecular formula is C20H16Cl2N4O3S2. The Morgan fingerprint density at radius 3 is 2.58 bits per heavy atom. The van der Waals surface area contributed by atoms with Gasteiger partial charge in [-0.15, -0.1) is 11.3 Å². The second-order valence-electron chi connectivity index (χ2n) is 6.33. The van der Waals surface area contributed by atoms with Gasteiger partial charge in [0.25, 0.3) is 5.91 Å². The zero-order valence-electron chi connectivity index (χ0n) is 15.9. The third-order valence-electron chi connectivity index (χ3n) is 4.11. The van der Waals surface area contributed by atoms with E-state index in [2.05, 4.69) is 15.0 Å². The number of sulfonamides is 1. The fourth-order valence-electron chi connectivity index (χ4n) is 2.58. The number of aromatic nitrogens is 1. The number of amides is 1. The average molecular weight is 495 g/mol. The van der Waals surface area contributed by atoms with Gasteiger partial charge in [0.2, 0.25) is 10.0 Å². The minimum Gasteiger partial charge on any atom is -0.298 e. The predicted molar refractivity (Wildman–Crippen MR) is 121 cm³/mol. The van der Waals surface area contributed by atoms with Gasteiger partial charge >= 0.3 is 0 Å². The van der Waals surface area contributed by atoms with Gasteiger partial charge in [0, 0.05) is 46.1 Å². The summed E-state index contributed by atoms with van der Waals surface area (Å²) in [5.74, 6) is -0.410. The quantitative estimate of drug-likeness (QED) is 0.448. The third-order valence-corrected chi connectivity index (χ3v) is 7.09. The van der Waals surface area contributed by atoms with Crippen molar-refractivity contribution in [2.45, 2.75) is 17.7 Å². The molecule has 1 amide bonds. The number of nitriles is 1. The van der Waals surface area contributed by atoms with Crippen molar-refractivity contribution in [2.24, 2.45) is 0 Å². The van der Waals surface area contributed by atoms with Gasteiger partial charge in [-0.05, 0) is 42.0 Å². The zero-order chi connectivity index (χ0) is 22.4. The van der Waals surface area contributed by atoms with Crippen molar-refractivity contribution >= 4 is 55.6 Å². The first-order chi connectivity index (χ1) is 14.8. The summed E-state index contributed by atoms with van der Waals surface area (Å²) >= 11 is 13.4. The van der Waals surface area contributed by atoms with Crippen LogP contribution in [0.15, 0.2) is 53.6 Å². The van der Waals surface area contributed by atoms with E-state index in [0.717, 1.165) is 10.4 Å². The van der Waals surface area contributed by atoms with E-state index in [1.807, 2.05) is 12.1 Å². The molecule has 0 saturated heterocycles. The zero-order valence-corrected chi connectivity index (χ0v) is 19.1. The number of carbonyl (C=O) groups excluding carboxylic acids is 1. The molecule has 1 heterocycles. The lowest BCUT2D eigenvalue weighted by molar-refractivity contribution is 0.102. The smallest absolute Gasteiger partial charge is 0.257 e. The molecule has 0 aliphatic carbocycles. The van der Waals surface area contributed by atoms with E-state index < -0.39 is 15.9 Å². The van der Waals surface area contributed by atoms with Crippen molar-refractivity contribution in [3.63, 3.8) is 0 Å². The molecule has 0 bridgehead atoms. The number of hydrogen-bond donors (Lipinski definition) is 2. The normalized spacial score (nSPS) is 11.1. The van der Waals surface area contributed by atoms with E-state index >= 15 is 0 Å². The number of halogens is 2. The summed E-state index contributed by atoms with van der Waals surface area (Å²) in [5.41, 5.74) is 1.18. The molecule has 0 unspecified atom stereocenters. The lowest BCUT2D eigenvalue weighted by Crippen LogP contribution is -2.24. The maximum Gasteiger partial charge on any atom is 0.257 e. The second-order valence-corrected chi connectivity index (χ2v) is 10.1. The summed E-state index contributed by atoms with van der Waals surface area (Å²) in [6.45, 7) is 0.0225. The van der Waals surface area contributed by atoms with Crippen LogP contribution in [0.3, 0.4) is 0 Å². The van der Waals surface area contributed by atoms with Crippen LogP contribution in [-0.4, -0.2) is 25.9 Å². The summed E-state index contributed by atoms with van der Waals surface area (Å²) in [6, 6.07) is 12.6. The topological polar surface area (TPSA) is 112 Å². The molecular weight excluding hydrogens is 479 g/mol. The van der Waals surface area contributed by atoms with Gasteiger partial charge in [-0.2, -0.15) is 5.26 Å². The van der Waals surface area contributed by atoms with Crippen LogP contribution in [0.1, 0.15) is 27.2 Å². The number of benzene rings is 2. The molecule has 31 heavy (non-hydrogen) atoms. The Kier molecular flexibility index (Phi) is 7.64. The number of carbonyl (C=O) groups is 1. The molecule has 3 rings (SSSR count). The third kappa shape index (κ3) is 6.26. The Hall–Kier alpha value is -2.48. The monoisotopic (exact) mass is 494 g/mol. The second kappa shape index (κ2) is 10.2. The van der Waals surface area contributed by atoms with Crippen molar-refractivity contribution in [2.75, 3.05) is 11.9 Å². The highest BCUT2D eigenvalue weighted by atomic mass is 35.5. The maximum atomic E-state index is 12.5. The molecule has 160 valence electrons. The van der Waals surface area contributed by atoms with Gasteiger partial charge in [-0.25, -0.2) is 18.1 Å². The van der Waals surface area contributed by atoms with Gasteiger partial charge in [-0.1, -0.05) is 29.3 Å². The van der Waals surface area contributed by atoms with E-state index in [1.54, 1.807) is 18.3 Å². The van der Waals surface area contributed by atoms with Crippen molar-refractivity contribution < 1.29 is 13.2 Å². The van der Waals surface area contributed by atoms with Crippen LogP contribution in [0.4, 0.5) is 5.13 Å². The average Bonchev–Trinajstić information content (AvgIpc) is 3.17. The van der Waals surface area contributed by atoms with Crippen LogP contribution in [0, 0.1) is 11.3 Å². The van der Waals surface area contributed by atoms with E-state index in [0.29, 0.717) is 21.6 Å². The molecule has 0 aliphatic rings. The Morgan fingerprint density at radius 1 is 1.16 bits per heavy atom. The highest BCUT2D eigenvalue weighted by Crippen LogP contribution is 2.27. The number of rotatable bonds is 8. The fourth-order valence-corrected chi connectivity index (χ4v) is 4.92. The summed E-state index contributed by atoms with van der Waals surface area (Å²) < 4.78 is 26.6. The largest absolute Gasteiger partial charge is 0.298 e. The Balaban J connectivity index is 1.63. The minimum atomic E-state index is -3.73. The van der Waals surface area contributed by atoms with Gasteiger partial charge < -0.3 is 0 Å². The van der Waals surface area contributed by atoms with Crippen LogP contribution in [0.25, 0.3) is 0 Å². The lowest BCUT2D eigenvalue weighted by atomic mass is 10.1. The van der Waals surface area contributed by atoms with Crippen LogP contribution in [0.2, 0.25) is 10.0 Å². The first kappa shape index (κ1) is 23.2. The highest BCUT2D eigenvalue weighted by Gasteiger charge is 2.15. The number of nitrogens with zero attached hydrogens (tertiary/aromatic N) is 2. The lowest BCUT2D eigenvalue weighted by Gasteiger charge is -2.06. The Morgan fingerprint density at radius 2 is 1.90 bits per heavy atom. The molecule has 0 spiro atoms. The van der Waals surface area contributed by atoms with Crippen LogP contribution in [0.5, 0.6) is 0 Å². The summed E-state index contributed by atoms with van der Waals surface area (Å²) in [5, 5.41) is 12.7. The highest BCUT2D eigenvalue weighted by molar-refractivity contribution is 7.89. The number of hydrogen-bond acceptors (Lipinski definition) is 6. The molecule has 0 fully saturated rings. The summed E-state index contributed by atoms with van der Waals surface area (Å²) in [4.78, 5) is 17.6. The number of thiazole rings is 1. The minimum absolute atomic E-state index is 0.0124. The molecule has 0 radical (unpaired) electrons. The molecule has 1 aromatic heterocycles. The number of anilines is 1. The van der Waals surface area contributed by atoms with Crippen LogP contribution >= 0.6 is 34.5 Å². The Labute approximate surface area is 193 Å². The van der Waals surface area contributed by atoms with Crippen LogP contribution < -0.4 is 10.0 Å². The van der Waals surface area contributed by atoms with Gasteiger partial charge in [0.05, 0.1) is 11.0 Å². The van der Waals surface area contributed by atoms with E-state index in [4.69, 9.17) is 28.5 Å². The molecule has 11 heteroatoms. The van der Waals surface area contributed by atoms with Crippen LogP contribution in [-0.2, 0) is 16.4 Å². The van der Waals surface area contributed by atoms with Gasteiger partial charge in [0.15, 0.2) is 5.13 Å². The molecule has 0 aliphatic heterocycles. The molecule has 0 atom stereocenters. The van der Waals surface area contributed by atoms with Crippen molar-refractivity contribution in [3.05, 3.63) is 74.7 Å². The standard InChI is InChI=1S/C20H16Cl2N4O3S2/c21-15-5-2-14(18(22)11-15)10-16-12-24-20(30-16)26-19(27)13-3-6-17(7-4-13)31(28,29)25-9-1-8-23/h2-7,11-12,25H,1,9-10H2,(H,24,26,27). The van der Waals surface area contributed by atoms with Crippen molar-refractivity contribution in [3.8, 4) is 6.07 Å². The van der Waals surface area contributed by atoms with Crippen molar-refractivity contribution in [1.29, 1.82) is 5.26 Å². The fraction of sp³-hybridized carbons (Fsp3) is 0.150. The van der Waals surface area contributed by atoms with E-state index in [-0.39, 0.29) is 23.4 Å². The molecule has 2 N–H and O–H groups in total. The first-order valence-corrected chi connectivity index (χ1v) is 12.0. The van der Waals surface area contributed by atoms with E-state index in [9.17, 15) is 13.2 Å². The predicted octanol–water partition coefficient (Wildman–Crippen LogP) is 4.48. The summed E-state index contributed by atoms with van der Waals surface area (Å²) in [7, 11) is -3.73. The molecule has 2 aromatic carbocycles. The summed E-state index contributed by atoms with van der Waals surface area (Å²) in [6.07, 6.45) is 2.28. The van der Waals surface area contributed by atoms with Gasteiger partial charge in [-0.3, -0.25) is 10.1 Å². The number of nitrogens with one attached hydrogen (secondary N) is 2. The van der Waals surface area contributed by atoms with E-state index in [1.165, 1.54) is 35.6 Å². The SMILES string of the molecule is N#CCCNS(=O)(=O)c1ccc(C(=O)Nc2ncc(Cc3ccc(Cl)cc3Cl)s2)cc1. The molecule has 3 aromatic rings. The molecule has 7 nitrogen and oxygen atoms in total.